The maximum Gasteiger partial charge on any atom is 0.311 e. The smallest absolute Gasteiger partial charge is 0.311 e. The average molecular weight is 215 g/mol. The minimum absolute atomic E-state index is 0.344. The molecule has 0 bridgehead atoms. The van der Waals surface area contributed by atoms with E-state index in [0.29, 0.717) is 6.42 Å². The summed E-state index contributed by atoms with van der Waals surface area (Å²) in [6.07, 6.45) is 1.57. The Morgan fingerprint density at radius 2 is 2.31 bits per heavy atom. The normalized spacial score (nSPS) is 18.9. The van der Waals surface area contributed by atoms with Crippen molar-refractivity contribution in [1.82, 2.24) is 4.98 Å². The topological polar surface area (TPSA) is 53.1 Å². The van der Waals surface area contributed by atoms with Crippen LogP contribution in [0.3, 0.4) is 0 Å². The van der Waals surface area contributed by atoms with E-state index < -0.39 is 5.97 Å². The third kappa shape index (κ3) is 1.11. The summed E-state index contributed by atoms with van der Waals surface area (Å²) in [5.74, 6) is -1.05. The van der Waals surface area contributed by atoms with Crippen LogP contribution in [0.15, 0.2) is 18.2 Å². The fourth-order valence-electron chi connectivity index (χ4n) is 2.81. The molecule has 3 heteroatoms. The van der Waals surface area contributed by atoms with Gasteiger partial charge in [0, 0.05) is 16.6 Å². The first kappa shape index (κ1) is 9.46. The van der Waals surface area contributed by atoms with Gasteiger partial charge in [0.2, 0.25) is 0 Å². The molecule has 0 saturated heterocycles. The molecule has 0 fully saturated rings. The summed E-state index contributed by atoms with van der Waals surface area (Å²) >= 11 is 0. The van der Waals surface area contributed by atoms with Gasteiger partial charge in [0.1, 0.15) is 0 Å². The summed E-state index contributed by atoms with van der Waals surface area (Å²) in [6.45, 7) is 1.96. The van der Waals surface area contributed by atoms with Gasteiger partial charge in [-0.25, -0.2) is 0 Å². The van der Waals surface area contributed by atoms with Crippen molar-refractivity contribution in [2.45, 2.75) is 25.7 Å². The molecule has 1 aromatic heterocycles. The van der Waals surface area contributed by atoms with E-state index in [2.05, 4.69) is 11.1 Å². The van der Waals surface area contributed by atoms with Crippen molar-refractivity contribution in [3.05, 3.63) is 35.0 Å². The van der Waals surface area contributed by atoms with E-state index in [1.807, 2.05) is 19.1 Å². The molecule has 1 aromatic carbocycles. The Labute approximate surface area is 93.1 Å². The van der Waals surface area contributed by atoms with Crippen molar-refractivity contribution in [3.8, 4) is 0 Å². The molecule has 3 nitrogen and oxygen atoms in total. The molecule has 0 aliphatic heterocycles. The second kappa shape index (κ2) is 3.11. The van der Waals surface area contributed by atoms with E-state index in [4.69, 9.17) is 0 Å². The molecule has 0 amide bonds. The Morgan fingerprint density at radius 1 is 1.50 bits per heavy atom. The van der Waals surface area contributed by atoms with E-state index in [1.54, 1.807) is 0 Å². The standard InChI is InChI=1S/C13H13NO2/c1-7-11-9(13(15)16)6-5-8-3-2-4-10(14-7)12(8)11/h2-4,9,14H,5-6H2,1H3,(H,15,16). The number of carboxylic acids is 1. The predicted molar refractivity (Wildman–Crippen MR) is 61.7 cm³/mol. The second-order valence-electron chi connectivity index (χ2n) is 4.43. The van der Waals surface area contributed by atoms with Crippen molar-refractivity contribution in [2.75, 3.05) is 0 Å². The predicted octanol–water partition coefficient (Wildman–Crippen LogP) is 2.59. The van der Waals surface area contributed by atoms with E-state index in [0.717, 1.165) is 28.6 Å². The molecule has 0 radical (unpaired) electrons. The van der Waals surface area contributed by atoms with Crippen LogP contribution in [-0.4, -0.2) is 16.1 Å². The van der Waals surface area contributed by atoms with Crippen molar-refractivity contribution in [2.24, 2.45) is 0 Å². The molecule has 2 aromatic rings. The SMILES string of the molecule is Cc1[nH]c2cccc3c2c1C(C(=O)O)CC3. The van der Waals surface area contributed by atoms with Gasteiger partial charge in [-0.05, 0) is 37.0 Å². The molecular weight excluding hydrogens is 202 g/mol. The highest BCUT2D eigenvalue weighted by atomic mass is 16.4. The van der Waals surface area contributed by atoms with Gasteiger partial charge in [-0.15, -0.1) is 0 Å². The Hall–Kier alpha value is -1.77. The van der Waals surface area contributed by atoms with Gasteiger partial charge in [-0.1, -0.05) is 12.1 Å². The number of carbonyl (C=O) groups is 1. The van der Waals surface area contributed by atoms with Crippen molar-refractivity contribution in [1.29, 1.82) is 0 Å². The van der Waals surface area contributed by atoms with Crippen LogP contribution in [0.1, 0.15) is 29.2 Å². The number of rotatable bonds is 1. The maximum absolute atomic E-state index is 11.2. The van der Waals surface area contributed by atoms with Crippen LogP contribution in [-0.2, 0) is 11.2 Å². The number of nitrogens with one attached hydrogen (secondary N) is 1. The highest BCUT2D eigenvalue weighted by molar-refractivity contribution is 5.94. The molecule has 16 heavy (non-hydrogen) atoms. The number of aliphatic carboxylic acids is 1. The number of H-pyrrole nitrogens is 1. The lowest BCUT2D eigenvalue weighted by atomic mass is 9.83. The molecule has 0 saturated carbocycles. The lowest BCUT2D eigenvalue weighted by molar-refractivity contribution is -0.139. The Balaban J connectivity index is 2.37. The summed E-state index contributed by atoms with van der Waals surface area (Å²) in [4.78, 5) is 14.5. The van der Waals surface area contributed by atoms with Gasteiger partial charge in [0.25, 0.3) is 0 Å². The van der Waals surface area contributed by atoms with Crippen LogP contribution in [0.25, 0.3) is 10.9 Å². The molecule has 0 spiro atoms. The number of aromatic amines is 1. The molecule has 3 rings (SSSR count). The number of benzene rings is 1. The molecule has 82 valence electrons. The second-order valence-corrected chi connectivity index (χ2v) is 4.43. The summed E-state index contributed by atoms with van der Waals surface area (Å²) in [7, 11) is 0. The van der Waals surface area contributed by atoms with E-state index in [1.165, 1.54) is 5.56 Å². The summed E-state index contributed by atoms with van der Waals surface area (Å²) in [5, 5.41) is 10.4. The van der Waals surface area contributed by atoms with Crippen LogP contribution in [0.5, 0.6) is 0 Å². The highest BCUT2D eigenvalue weighted by Crippen LogP contribution is 2.38. The summed E-state index contributed by atoms with van der Waals surface area (Å²) in [5.41, 5.74) is 4.32. The Morgan fingerprint density at radius 3 is 3.06 bits per heavy atom. The van der Waals surface area contributed by atoms with Crippen molar-refractivity contribution < 1.29 is 9.90 Å². The quantitative estimate of drug-likeness (QED) is 0.768. The number of aromatic nitrogens is 1. The fraction of sp³-hybridized carbons (Fsp3) is 0.308. The van der Waals surface area contributed by atoms with E-state index in [9.17, 15) is 9.90 Å². The monoisotopic (exact) mass is 215 g/mol. The Kier molecular flexibility index (Phi) is 1.84. The van der Waals surface area contributed by atoms with E-state index >= 15 is 0 Å². The zero-order valence-corrected chi connectivity index (χ0v) is 9.08. The van der Waals surface area contributed by atoms with Crippen molar-refractivity contribution in [3.63, 3.8) is 0 Å². The van der Waals surface area contributed by atoms with Gasteiger partial charge in [0.15, 0.2) is 0 Å². The molecule has 1 unspecified atom stereocenters. The lowest BCUT2D eigenvalue weighted by Gasteiger charge is -2.19. The molecular formula is C13H13NO2. The van der Waals surface area contributed by atoms with Crippen LogP contribution >= 0.6 is 0 Å². The first-order chi connectivity index (χ1) is 7.68. The first-order valence-corrected chi connectivity index (χ1v) is 5.51. The minimum Gasteiger partial charge on any atom is -0.481 e. The largest absolute Gasteiger partial charge is 0.481 e. The Bertz CT molecular complexity index is 583. The number of carboxylic acid groups (broad SMARTS) is 1. The summed E-state index contributed by atoms with van der Waals surface area (Å²) in [6, 6.07) is 6.13. The minimum atomic E-state index is -0.710. The fourth-order valence-corrected chi connectivity index (χ4v) is 2.81. The molecule has 2 N–H and O–H groups in total. The third-order valence-corrected chi connectivity index (χ3v) is 3.50. The van der Waals surface area contributed by atoms with Gasteiger partial charge < -0.3 is 10.1 Å². The molecule has 1 atom stereocenters. The van der Waals surface area contributed by atoms with Gasteiger partial charge >= 0.3 is 5.97 Å². The summed E-state index contributed by atoms with van der Waals surface area (Å²) < 4.78 is 0. The van der Waals surface area contributed by atoms with E-state index in [-0.39, 0.29) is 5.92 Å². The van der Waals surface area contributed by atoms with Gasteiger partial charge in [-0.3, -0.25) is 4.79 Å². The van der Waals surface area contributed by atoms with Crippen LogP contribution < -0.4 is 0 Å². The van der Waals surface area contributed by atoms with Crippen LogP contribution in [0.4, 0.5) is 0 Å². The number of hydrogen-bond acceptors (Lipinski definition) is 1. The van der Waals surface area contributed by atoms with Gasteiger partial charge in [0.05, 0.1) is 5.92 Å². The van der Waals surface area contributed by atoms with Gasteiger partial charge in [-0.2, -0.15) is 0 Å². The maximum atomic E-state index is 11.2. The first-order valence-electron chi connectivity index (χ1n) is 5.51. The molecule has 1 aliphatic rings. The zero-order valence-electron chi connectivity index (χ0n) is 9.08. The third-order valence-electron chi connectivity index (χ3n) is 3.50. The number of aryl methyl sites for hydroxylation is 2. The number of hydrogen-bond donors (Lipinski definition) is 2. The lowest BCUT2D eigenvalue weighted by Crippen LogP contribution is -2.16. The molecule has 1 heterocycles. The van der Waals surface area contributed by atoms with Crippen LogP contribution in [0.2, 0.25) is 0 Å². The van der Waals surface area contributed by atoms with Crippen molar-refractivity contribution >= 4 is 16.9 Å². The average Bonchev–Trinajstić information content (AvgIpc) is 2.59. The highest BCUT2D eigenvalue weighted by Gasteiger charge is 2.29. The zero-order chi connectivity index (χ0) is 11.3. The molecule has 1 aliphatic carbocycles. The van der Waals surface area contributed by atoms with Crippen LogP contribution in [0, 0.1) is 6.92 Å².